The van der Waals surface area contributed by atoms with Gasteiger partial charge >= 0.3 is 5.69 Å². The second-order valence-electron chi connectivity index (χ2n) is 2.89. The molecule has 0 N–H and O–H groups in total. The van der Waals surface area contributed by atoms with Crippen molar-refractivity contribution in [3.63, 3.8) is 0 Å². The normalized spacial score (nSPS) is 9.24. The zero-order chi connectivity index (χ0) is 12.7. The molecule has 90 valence electrons. The standard InChI is InChI=1S/C9H10N4O4/c1-16-7-2-3-9(8(6-7)13(14)15)17-5-4-11-12-10/h2-3,6H,4-5H2,1H3. The van der Waals surface area contributed by atoms with Crippen molar-refractivity contribution in [3.05, 3.63) is 38.8 Å². The number of nitrogens with zero attached hydrogens (tertiary/aromatic N) is 4. The van der Waals surface area contributed by atoms with Crippen LogP contribution in [0, 0.1) is 10.1 Å². The summed E-state index contributed by atoms with van der Waals surface area (Å²) in [6.45, 7) is 0.191. The molecule has 0 radical (unpaired) electrons. The van der Waals surface area contributed by atoms with E-state index in [0.717, 1.165) is 0 Å². The minimum Gasteiger partial charge on any atom is -0.496 e. The zero-order valence-electron chi connectivity index (χ0n) is 9.07. The number of rotatable bonds is 6. The first-order chi connectivity index (χ1) is 8.19. The topological polar surface area (TPSA) is 110 Å². The average Bonchev–Trinajstić information content (AvgIpc) is 2.34. The lowest BCUT2D eigenvalue weighted by Crippen LogP contribution is -2.03. The predicted molar refractivity (Wildman–Crippen MR) is 59.2 cm³/mol. The van der Waals surface area contributed by atoms with Crippen LogP contribution >= 0.6 is 0 Å². The minimum absolute atomic E-state index is 0.0806. The molecule has 0 atom stereocenters. The first-order valence-electron chi connectivity index (χ1n) is 4.65. The van der Waals surface area contributed by atoms with Crippen molar-refractivity contribution in [1.29, 1.82) is 0 Å². The van der Waals surface area contributed by atoms with E-state index in [2.05, 4.69) is 10.0 Å². The largest absolute Gasteiger partial charge is 0.496 e. The maximum absolute atomic E-state index is 10.8. The Bertz CT molecular complexity index is 456. The van der Waals surface area contributed by atoms with Crippen LogP contribution in [0.15, 0.2) is 23.3 Å². The molecule has 0 aliphatic carbocycles. The van der Waals surface area contributed by atoms with Gasteiger partial charge in [0.2, 0.25) is 0 Å². The van der Waals surface area contributed by atoms with Crippen LogP contribution in [0.1, 0.15) is 0 Å². The molecular weight excluding hydrogens is 228 g/mol. The lowest BCUT2D eigenvalue weighted by atomic mass is 10.3. The van der Waals surface area contributed by atoms with E-state index in [-0.39, 0.29) is 24.6 Å². The highest BCUT2D eigenvalue weighted by atomic mass is 16.6. The summed E-state index contributed by atoms with van der Waals surface area (Å²) < 4.78 is 10.0. The quantitative estimate of drug-likeness (QED) is 0.189. The summed E-state index contributed by atoms with van der Waals surface area (Å²) >= 11 is 0. The van der Waals surface area contributed by atoms with Gasteiger partial charge in [-0.05, 0) is 17.7 Å². The molecule has 0 spiro atoms. The summed E-state index contributed by atoms with van der Waals surface area (Å²) in [7, 11) is 1.42. The molecule has 0 fully saturated rings. The third kappa shape index (κ3) is 3.54. The molecule has 8 heteroatoms. The van der Waals surface area contributed by atoms with Crippen molar-refractivity contribution in [2.24, 2.45) is 5.11 Å². The summed E-state index contributed by atoms with van der Waals surface area (Å²) in [5, 5.41) is 14.0. The molecule has 0 aliphatic heterocycles. The SMILES string of the molecule is COc1ccc(OCCN=[N+]=[N-])c([N+](=O)[O-])c1. The van der Waals surface area contributed by atoms with Gasteiger partial charge in [-0.1, -0.05) is 5.11 Å². The summed E-state index contributed by atoms with van der Waals surface area (Å²) in [6.07, 6.45) is 0. The molecule has 1 aromatic carbocycles. The Hall–Kier alpha value is -2.47. The first-order valence-corrected chi connectivity index (χ1v) is 4.65. The van der Waals surface area contributed by atoms with E-state index >= 15 is 0 Å². The molecule has 0 heterocycles. The lowest BCUT2D eigenvalue weighted by molar-refractivity contribution is -0.385. The second kappa shape index (κ2) is 6.19. The fraction of sp³-hybridized carbons (Fsp3) is 0.333. The highest BCUT2D eigenvalue weighted by Gasteiger charge is 2.16. The van der Waals surface area contributed by atoms with E-state index in [1.54, 1.807) is 6.07 Å². The highest BCUT2D eigenvalue weighted by Crippen LogP contribution is 2.30. The Kier molecular flexibility index (Phi) is 4.58. The third-order valence-corrected chi connectivity index (χ3v) is 1.87. The van der Waals surface area contributed by atoms with Crippen LogP contribution in [0.25, 0.3) is 10.4 Å². The van der Waals surface area contributed by atoms with Gasteiger partial charge in [-0.3, -0.25) is 10.1 Å². The molecule has 1 rings (SSSR count). The van der Waals surface area contributed by atoms with Crippen LogP contribution in [-0.4, -0.2) is 25.2 Å². The number of nitro benzene ring substituents is 1. The molecule has 0 saturated heterocycles. The van der Waals surface area contributed by atoms with Crippen LogP contribution in [0.4, 0.5) is 5.69 Å². The molecule has 8 nitrogen and oxygen atoms in total. The van der Waals surface area contributed by atoms with E-state index in [0.29, 0.717) is 5.75 Å². The van der Waals surface area contributed by atoms with E-state index in [4.69, 9.17) is 15.0 Å². The van der Waals surface area contributed by atoms with E-state index in [9.17, 15) is 10.1 Å². The van der Waals surface area contributed by atoms with Crippen LogP contribution in [-0.2, 0) is 0 Å². The van der Waals surface area contributed by atoms with E-state index in [1.807, 2.05) is 0 Å². The Morgan fingerprint density at radius 2 is 2.35 bits per heavy atom. The van der Waals surface area contributed by atoms with Crippen molar-refractivity contribution in [1.82, 2.24) is 0 Å². The van der Waals surface area contributed by atoms with Gasteiger partial charge in [0.25, 0.3) is 0 Å². The van der Waals surface area contributed by atoms with Gasteiger partial charge in [-0.25, -0.2) is 0 Å². The maximum atomic E-state index is 10.8. The summed E-state index contributed by atoms with van der Waals surface area (Å²) in [5.41, 5.74) is 7.86. The summed E-state index contributed by atoms with van der Waals surface area (Å²) in [5.74, 6) is 0.489. The first kappa shape index (κ1) is 12.6. The Labute approximate surface area is 96.5 Å². The number of benzene rings is 1. The van der Waals surface area contributed by atoms with Crippen LogP contribution in [0.5, 0.6) is 11.5 Å². The molecule has 0 bridgehead atoms. The third-order valence-electron chi connectivity index (χ3n) is 1.87. The minimum atomic E-state index is -0.564. The molecule has 1 aromatic rings. The lowest BCUT2D eigenvalue weighted by Gasteiger charge is -2.06. The number of nitro groups is 1. The van der Waals surface area contributed by atoms with Crippen molar-refractivity contribution in [3.8, 4) is 11.5 Å². The van der Waals surface area contributed by atoms with Crippen molar-refractivity contribution >= 4 is 5.69 Å². The molecule has 0 amide bonds. The number of ether oxygens (including phenoxy) is 2. The van der Waals surface area contributed by atoms with Crippen LogP contribution < -0.4 is 9.47 Å². The van der Waals surface area contributed by atoms with E-state index < -0.39 is 4.92 Å². The van der Waals surface area contributed by atoms with Gasteiger partial charge < -0.3 is 9.47 Å². The number of methoxy groups -OCH3 is 1. The number of hydrogen-bond acceptors (Lipinski definition) is 5. The van der Waals surface area contributed by atoms with Crippen LogP contribution in [0.2, 0.25) is 0 Å². The zero-order valence-corrected chi connectivity index (χ0v) is 9.07. The van der Waals surface area contributed by atoms with Gasteiger partial charge in [0.05, 0.1) is 31.3 Å². The molecule has 0 saturated carbocycles. The van der Waals surface area contributed by atoms with Gasteiger partial charge in [0.1, 0.15) is 5.75 Å². The fourth-order valence-electron chi connectivity index (χ4n) is 1.13. The van der Waals surface area contributed by atoms with Gasteiger partial charge in [-0.2, -0.15) is 0 Å². The van der Waals surface area contributed by atoms with Crippen LogP contribution in [0.3, 0.4) is 0 Å². The fourth-order valence-corrected chi connectivity index (χ4v) is 1.13. The summed E-state index contributed by atoms with van der Waals surface area (Å²) in [6, 6.07) is 4.26. The van der Waals surface area contributed by atoms with Gasteiger partial charge in [0, 0.05) is 4.91 Å². The molecule has 0 unspecified atom stereocenters. The highest BCUT2D eigenvalue weighted by molar-refractivity contribution is 5.50. The molecular formula is C9H10N4O4. The van der Waals surface area contributed by atoms with Gasteiger partial charge in [0.15, 0.2) is 5.75 Å². The summed E-state index contributed by atoms with van der Waals surface area (Å²) in [4.78, 5) is 12.7. The van der Waals surface area contributed by atoms with E-state index in [1.165, 1.54) is 19.2 Å². The van der Waals surface area contributed by atoms with Crippen molar-refractivity contribution in [2.45, 2.75) is 0 Å². The average molecular weight is 238 g/mol. The monoisotopic (exact) mass is 238 g/mol. The van der Waals surface area contributed by atoms with Crippen molar-refractivity contribution < 1.29 is 14.4 Å². The maximum Gasteiger partial charge on any atom is 0.314 e. The Morgan fingerprint density at radius 1 is 1.59 bits per heavy atom. The van der Waals surface area contributed by atoms with Gasteiger partial charge in [-0.15, -0.1) is 0 Å². The Morgan fingerprint density at radius 3 is 2.94 bits per heavy atom. The Balaban J connectivity index is 2.83. The second-order valence-corrected chi connectivity index (χ2v) is 2.89. The number of azide groups is 1. The smallest absolute Gasteiger partial charge is 0.314 e. The number of hydrogen-bond donors (Lipinski definition) is 0. The molecule has 17 heavy (non-hydrogen) atoms. The predicted octanol–water partition coefficient (Wildman–Crippen LogP) is 2.29. The van der Waals surface area contributed by atoms with Crippen molar-refractivity contribution in [2.75, 3.05) is 20.3 Å². The molecule has 0 aromatic heterocycles. The molecule has 0 aliphatic rings.